The number of halogens is 3. The van der Waals surface area contributed by atoms with Gasteiger partial charge in [0.05, 0.1) is 5.56 Å². The Morgan fingerprint density at radius 1 is 1.32 bits per heavy atom. The van der Waals surface area contributed by atoms with Gasteiger partial charge in [-0.1, -0.05) is 18.2 Å². The van der Waals surface area contributed by atoms with Crippen LogP contribution >= 0.6 is 0 Å². The van der Waals surface area contributed by atoms with Gasteiger partial charge in [-0.3, -0.25) is 4.79 Å². The van der Waals surface area contributed by atoms with Gasteiger partial charge in [-0.2, -0.15) is 13.2 Å². The van der Waals surface area contributed by atoms with E-state index in [2.05, 4.69) is 0 Å². The standard InChI is InChI=1S/C12H13F3O3S/c1-8(19(2,17)18)11(16)7-9-4-3-5-10(6-9)12(13,14)15/h3-6,8H,7H2,1-2H3. The fourth-order valence-electron chi connectivity index (χ4n) is 1.44. The highest BCUT2D eigenvalue weighted by molar-refractivity contribution is 7.92. The van der Waals surface area contributed by atoms with Gasteiger partial charge in [-0.05, 0) is 18.6 Å². The number of carbonyl (C=O) groups excluding carboxylic acids is 1. The second-order valence-corrected chi connectivity index (χ2v) is 6.68. The van der Waals surface area contributed by atoms with Crippen LogP contribution in [0.5, 0.6) is 0 Å². The molecule has 1 aromatic rings. The quantitative estimate of drug-likeness (QED) is 0.856. The maximum atomic E-state index is 12.5. The van der Waals surface area contributed by atoms with E-state index < -0.39 is 32.6 Å². The molecule has 0 saturated heterocycles. The van der Waals surface area contributed by atoms with Crippen LogP contribution < -0.4 is 0 Å². The third kappa shape index (κ3) is 4.34. The number of rotatable bonds is 4. The molecular weight excluding hydrogens is 281 g/mol. The summed E-state index contributed by atoms with van der Waals surface area (Å²) < 4.78 is 59.8. The zero-order valence-electron chi connectivity index (χ0n) is 10.4. The molecule has 106 valence electrons. The number of ketones is 1. The summed E-state index contributed by atoms with van der Waals surface area (Å²) in [6.45, 7) is 1.23. The Hall–Kier alpha value is -1.37. The molecule has 0 bridgehead atoms. The lowest BCUT2D eigenvalue weighted by Gasteiger charge is -2.10. The number of sulfone groups is 1. The minimum atomic E-state index is -4.48. The first-order chi connectivity index (χ1) is 8.51. The summed E-state index contributed by atoms with van der Waals surface area (Å²) >= 11 is 0. The molecule has 7 heteroatoms. The van der Waals surface area contributed by atoms with Crippen LogP contribution in [0.2, 0.25) is 0 Å². The maximum Gasteiger partial charge on any atom is 0.416 e. The van der Waals surface area contributed by atoms with E-state index in [0.717, 1.165) is 18.4 Å². The van der Waals surface area contributed by atoms with E-state index in [1.807, 2.05) is 0 Å². The molecule has 0 aromatic heterocycles. The highest BCUT2D eigenvalue weighted by atomic mass is 32.2. The van der Waals surface area contributed by atoms with E-state index in [9.17, 15) is 26.4 Å². The zero-order chi connectivity index (χ0) is 14.8. The molecule has 0 aliphatic heterocycles. The smallest absolute Gasteiger partial charge is 0.298 e. The molecule has 19 heavy (non-hydrogen) atoms. The first-order valence-electron chi connectivity index (χ1n) is 5.39. The fraction of sp³-hybridized carbons (Fsp3) is 0.417. The van der Waals surface area contributed by atoms with Crippen molar-refractivity contribution in [3.8, 4) is 0 Å². The van der Waals surface area contributed by atoms with Gasteiger partial charge in [-0.25, -0.2) is 8.42 Å². The van der Waals surface area contributed by atoms with Crippen LogP contribution in [0.4, 0.5) is 13.2 Å². The number of hydrogen-bond donors (Lipinski definition) is 0. The Kier molecular flexibility index (Phi) is 4.39. The van der Waals surface area contributed by atoms with Crippen molar-refractivity contribution in [1.82, 2.24) is 0 Å². The highest BCUT2D eigenvalue weighted by Crippen LogP contribution is 2.29. The first kappa shape index (κ1) is 15.7. The molecule has 1 aromatic carbocycles. The van der Waals surface area contributed by atoms with E-state index in [1.165, 1.54) is 19.1 Å². The maximum absolute atomic E-state index is 12.5. The SMILES string of the molecule is CC(C(=O)Cc1cccc(C(F)(F)F)c1)S(C)(=O)=O. The summed E-state index contributed by atoms with van der Waals surface area (Å²) in [7, 11) is -3.53. The van der Waals surface area contributed by atoms with Crippen LogP contribution in [-0.4, -0.2) is 25.7 Å². The molecule has 0 aliphatic rings. The van der Waals surface area contributed by atoms with Gasteiger partial charge in [0, 0.05) is 12.7 Å². The minimum Gasteiger partial charge on any atom is -0.298 e. The fourth-order valence-corrected chi connectivity index (χ4v) is 2.00. The van der Waals surface area contributed by atoms with Crippen molar-refractivity contribution in [2.45, 2.75) is 24.8 Å². The molecule has 0 heterocycles. The monoisotopic (exact) mass is 294 g/mol. The summed E-state index contributed by atoms with van der Waals surface area (Å²) in [4.78, 5) is 11.7. The largest absolute Gasteiger partial charge is 0.416 e. The Morgan fingerprint density at radius 2 is 1.89 bits per heavy atom. The van der Waals surface area contributed by atoms with Gasteiger partial charge < -0.3 is 0 Å². The minimum absolute atomic E-state index is 0.148. The highest BCUT2D eigenvalue weighted by Gasteiger charge is 2.31. The van der Waals surface area contributed by atoms with Gasteiger partial charge in [0.2, 0.25) is 0 Å². The van der Waals surface area contributed by atoms with Crippen molar-refractivity contribution in [3.05, 3.63) is 35.4 Å². The van der Waals surface area contributed by atoms with Gasteiger partial charge in [-0.15, -0.1) is 0 Å². The second kappa shape index (κ2) is 5.32. The van der Waals surface area contributed by atoms with Crippen molar-refractivity contribution in [2.24, 2.45) is 0 Å². The van der Waals surface area contributed by atoms with Gasteiger partial charge in [0.1, 0.15) is 5.25 Å². The normalized spacial score (nSPS) is 14.2. The number of alkyl halides is 3. The van der Waals surface area contributed by atoms with Crippen LogP contribution in [0.15, 0.2) is 24.3 Å². The van der Waals surface area contributed by atoms with E-state index >= 15 is 0 Å². The lowest BCUT2D eigenvalue weighted by Crippen LogP contribution is -2.27. The third-order valence-corrected chi connectivity index (χ3v) is 4.28. The Bertz CT molecular complexity index is 576. The van der Waals surface area contributed by atoms with Crippen LogP contribution in [0.1, 0.15) is 18.1 Å². The lowest BCUT2D eigenvalue weighted by molar-refractivity contribution is -0.137. The summed E-state index contributed by atoms with van der Waals surface area (Å²) in [5.74, 6) is -0.623. The van der Waals surface area contributed by atoms with Gasteiger partial charge >= 0.3 is 6.18 Å². The van der Waals surface area contributed by atoms with Crippen molar-refractivity contribution in [1.29, 1.82) is 0 Å². The van der Waals surface area contributed by atoms with Crippen LogP contribution in [-0.2, 0) is 27.2 Å². The molecule has 0 spiro atoms. The summed E-state index contributed by atoms with van der Waals surface area (Å²) in [6.07, 6.45) is -3.90. The first-order valence-corrected chi connectivity index (χ1v) is 7.35. The number of Topliss-reactive ketones (excluding diaryl/α,β-unsaturated/α-hetero) is 1. The van der Waals surface area contributed by atoms with Crippen LogP contribution in [0.25, 0.3) is 0 Å². The van der Waals surface area contributed by atoms with Crippen molar-refractivity contribution < 1.29 is 26.4 Å². The average molecular weight is 294 g/mol. The molecule has 1 atom stereocenters. The molecule has 0 N–H and O–H groups in total. The van der Waals surface area contributed by atoms with Crippen LogP contribution in [0.3, 0.4) is 0 Å². The van der Waals surface area contributed by atoms with Crippen molar-refractivity contribution >= 4 is 15.6 Å². The zero-order valence-corrected chi connectivity index (χ0v) is 11.2. The molecule has 1 rings (SSSR count). The average Bonchev–Trinajstić information content (AvgIpc) is 2.26. The van der Waals surface area contributed by atoms with Crippen LogP contribution in [0, 0.1) is 0 Å². The third-order valence-electron chi connectivity index (χ3n) is 2.73. The molecular formula is C12H13F3O3S. The Balaban J connectivity index is 2.93. The van der Waals surface area contributed by atoms with E-state index in [-0.39, 0.29) is 12.0 Å². The topological polar surface area (TPSA) is 51.2 Å². The molecule has 0 fully saturated rings. The number of benzene rings is 1. The molecule has 1 unspecified atom stereocenters. The van der Waals surface area contributed by atoms with Gasteiger partial charge in [0.15, 0.2) is 15.6 Å². The number of hydrogen-bond acceptors (Lipinski definition) is 3. The number of carbonyl (C=O) groups is 1. The Morgan fingerprint density at radius 3 is 2.37 bits per heavy atom. The molecule has 0 aliphatic carbocycles. The molecule has 0 saturated carbocycles. The van der Waals surface area contributed by atoms with Crippen molar-refractivity contribution in [3.63, 3.8) is 0 Å². The summed E-state index contributed by atoms with van der Waals surface area (Å²) in [5.41, 5.74) is -0.708. The van der Waals surface area contributed by atoms with Crippen molar-refractivity contribution in [2.75, 3.05) is 6.26 Å². The lowest BCUT2D eigenvalue weighted by atomic mass is 10.0. The molecule has 0 radical (unpaired) electrons. The molecule has 0 amide bonds. The molecule has 3 nitrogen and oxygen atoms in total. The van der Waals surface area contributed by atoms with Gasteiger partial charge in [0.25, 0.3) is 0 Å². The summed E-state index contributed by atoms with van der Waals surface area (Å²) in [6, 6.07) is 4.31. The van der Waals surface area contributed by atoms with E-state index in [1.54, 1.807) is 0 Å². The predicted molar refractivity (Wildman–Crippen MR) is 64.5 cm³/mol. The Labute approximate surface area is 109 Å². The van der Waals surface area contributed by atoms with E-state index in [4.69, 9.17) is 0 Å². The summed E-state index contributed by atoms with van der Waals surface area (Å²) in [5, 5.41) is -1.22. The van der Waals surface area contributed by atoms with E-state index in [0.29, 0.717) is 0 Å². The second-order valence-electron chi connectivity index (χ2n) is 4.31. The predicted octanol–water partition coefficient (Wildman–Crippen LogP) is 2.25.